The van der Waals surface area contributed by atoms with Gasteiger partial charge in [0.25, 0.3) is 5.92 Å². The van der Waals surface area contributed by atoms with Gasteiger partial charge >= 0.3 is 24.4 Å². The van der Waals surface area contributed by atoms with Crippen LogP contribution in [0.15, 0.2) is 54.9 Å². The Labute approximate surface area is 296 Å². The van der Waals surface area contributed by atoms with Gasteiger partial charge in [-0.1, -0.05) is 0 Å². The number of pyridine rings is 2. The zero-order valence-electron chi connectivity index (χ0n) is 28.4. The summed E-state index contributed by atoms with van der Waals surface area (Å²) in [5.74, 6) is -3.86. The molecule has 1 amide bonds. The van der Waals surface area contributed by atoms with Gasteiger partial charge in [0.2, 0.25) is 5.88 Å². The first-order valence-electron chi connectivity index (χ1n) is 15.9. The zero-order chi connectivity index (χ0) is 38.8. The number of carbonyl (C=O) groups excluding carboxylic acids is 1. The van der Waals surface area contributed by atoms with E-state index in [1.807, 2.05) is 0 Å². The second-order valence-electron chi connectivity index (χ2n) is 13.0. The van der Waals surface area contributed by atoms with E-state index in [2.05, 4.69) is 9.97 Å². The molecule has 2 fully saturated rings. The first-order valence-corrected chi connectivity index (χ1v) is 15.9. The number of aromatic nitrogens is 2. The molecule has 2 atom stereocenters. The van der Waals surface area contributed by atoms with Crippen LogP contribution in [0.3, 0.4) is 0 Å². The molecule has 2 aromatic carbocycles. The van der Waals surface area contributed by atoms with Crippen molar-refractivity contribution in [2.75, 3.05) is 25.1 Å². The van der Waals surface area contributed by atoms with Crippen LogP contribution in [0.4, 0.5) is 45.7 Å². The highest BCUT2D eigenvalue weighted by Gasteiger charge is 2.46. The molecule has 4 aromatic rings. The molecule has 0 spiro atoms. The molecule has 0 aliphatic carbocycles. The lowest BCUT2D eigenvalue weighted by Gasteiger charge is -2.39. The minimum absolute atomic E-state index is 0.0220. The number of halogens is 8. The molecule has 2 aromatic heterocycles. The van der Waals surface area contributed by atoms with Crippen molar-refractivity contribution >= 4 is 17.9 Å². The van der Waals surface area contributed by atoms with Gasteiger partial charge in [0.05, 0.1) is 49.5 Å². The van der Waals surface area contributed by atoms with Crippen LogP contribution in [0.1, 0.15) is 56.8 Å². The highest BCUT2D eigenvalue weighted by Crippen LogP contribution is 2.43. The lowest BCUT2D eigenvalue weighted by molar-refractivity contribution is -0.143. The number of rotatable bonds is 8. The number of hydrogen-bond donors (Lipinski definition) is 1. The Hall–Kier alpha value is -5.48. The second kappa shape index (κ2) is 13.2. The SMILES string of the molecule is COc1ncc(-c2c(C)cc(C(=O)O)cc2C)cc1-c1cnc(N2CC(F)(F)C2)cc1CN1C(=O)OC(c2cc(C(F)(F)F)cc(C(F)(F)F)c2)C1C. The Morgan fingerprint density at radius 2 is 1.53 bits per heavy atom. The van der Waals surface area contributed by atoms with Crippen molar-refractivity contribution in [1.29, 1.82) is 0 Å². The molecular weight excluding hydrogens is 720 g/mol. The van der Waals surface area contributed by atoms with Gasteiger partial charge in [-0.05, 0) is 91.1 Å². The molecule has 0 bridgehead atoms. The Morgan fingerprint density at radius 1 is 0.925 bits per heavy atom. The van der Waals surface area contributed by atoms with Gasteiger partial charge < -0.3 is 19.5 Å². The van der Waals surface area contributed by atoms with Crippen molar-refractivity contribution in [3.05, 3.63) is 93.8 Å². The molecule has 2 aliphatic heterocycles. The third-order valence-electron chi connectivity index (χ3n) is 9.22. The average molecular weight is 751 g/mol. The lowest BCUT2D eigenvalue weighted by Crippen LogP contribution is -2.56. The van der Waals surface area contributed by atoms with Crippen molar-refractivity contribution < 1.29 is 59.3 Å². The Balaban J connectivity index is 1.43. The molecule has 4 heterocycles. The van der Waals surface area contributed by atoms with Crippen molar-refractivity contribution in [3.63, 3.8) is 0 Å². The number of amides is 1. The summed E-state index contributed by atoms with van der Waals surface area (Å²) in [4.78, 5) is 36.2. The first kappa shape index (κ1) is 37.3. The van der Waals surface area contributed by atoms with E-state index in [9.17, 15) is 49.8 Å². The fourth-order valence-corrected chi connectivity index (χ4v) is 6.68. The third kappa shape index (κ3) is 7.28. The van der Waals surface area contributed by atoms with E-state index < -0.39 is 72.3 Å². The van der Waals surface area contributed by atoms with E-state index in [0.717, 1.165) is 4.90 Å². The number of aryl methyl sites for hydroxylation is 2. The minimum Gasteiger partial charge on any atom is -0.481 e. The molecule has 0 radical (unpaired) electrons. The molecular formula is C36H30F8N4O5. The second-order valence-corrected chi connectivity index (χ2v) is 13.0. The number of hydrogen-bond acceptors (Lipinski definition) is 7. The van der Waals surface area contributed by atoms with Crippen molar-refractivity contribution in [1.82, 2.24) is 14.9 Å². The number of carbonyl (C=O) groups is 2. The van der Waals surface area contributed by atoms with Gasteiger partial charge in [0, 0.05) is 29.1 Å². The van der Waals surface area contributed by atoms with Crippen LogP contribution >= 0.6 is 0 Å². The summed E-state index contributed by atoms with van der Waals surface area (Å²) in [5, 5.41) is 9.52. The predicted octanol–water partition coefficient (Wildman–Crippen LogP) is 8.71. The number of carboxylic acids is 1. The standard InChI is InChI=1S/C36H30F8N4O5/c1-17-5-21(32(49)50)6-18(2)29(17)22-9-26(31(52-4)46-12-22)27-13-45-28(47-15-34(37,38)16-47)10-23(27)14-48-19(3)30(53-33(48)51)20-7-24(35(39,40)41)11-25(8-20)36(42,43)44/h5-13,19,30H,14-16H2,1-4H3,(H,49,50). The van der Waals surface area contributed by atoms with E-state index in [1.165, 1.54) is 49.5 Å². The van der Waals surface area contributed by atoms with Crippen molar-refractivity contribution in [3.8, 4) is 28.1 Å². The normalized spacial score (nSPS) is 18.5. The van der Waals surface area contributed by atoms with Crippen LogP contribution in [-0.2, 0) is 23.6 Å². The minimum atomic E-state index is -5.13. The predicted molar refractivity (Wildman–Crippen MR) is 174 cm³/mol. The summed E-state index contributed by atoms with van der Waals surface area (Å²) in [6, 6.07) is 6.02. The highest BCUT2D eigenvalue weighted by molar-refractivity contribution is 5.90. The number of cyclic esters (lactones) is 1. The Morgan fingerprint density at radius 3 is 2.06 bits per heavy atom. The molecule has 2 unspecified atom stereocenters. The van der Waals surface area contributed by atoms with E-state index in [1.54, 1.807) is 19.9 Å². The van der Waals surface area contributed by atoms with Gasteiger partial charge in [-0.3, -0.25) is 4.90 Å². The number of anilines is 1. The molecule has 280 valence electrons. The molecule has 2 saturated heterocycles. The zero-order valence-corrected chi connectivity index (χ0v) is 28.4. The molecule has 9 nitrogen and oxygen atoms in total. The van der Waals surface area contributed by atoms with E-state index in [-0.39, 0.29) is 29.9 Å². The van der Waals surface area contributed by atoms with Crippen LogP contribution < -0.4 is 9.64 Å². The average Bonchev–Trinajstić information content (AvgIpc) is 3.34. The maximum absolute atomic E-state index is 13.9. The number of ether oxygens (including phenoxy) is 2. The number of methoxy groups -OCH3 is 1. The van der Waals surface area contributed by atoms with Crippen LogP contribution in [0.5, 0.6) is 5.88 Å². The molecule has 17 heteroatoms. The number of alkyl halides is 8. The summed E-state index contributed by atoms with van der Waals surface area (Å²) in [6.45, 7) is 3.24. The summed E-state index contributed by atoms with van der Waals surface area (Å²) in [7, 11) is 1.35. The molecule has 1 N–H and O–H groups in total. The number of carboxylic acid groups (broad SMARTS) is 1. The summed E-state index contributed by atoms with van der Waals surface area (Å²) in [6.07, 6.45) is -9.97. The molecule has 2 aliphatic rings. The van der Waals surface area contributed by atoms with E-state index in [4.69, 9.17) is 9.47 Å². The summed E-state index contributed by atoms with van der Waals surface area (Å²) >= 11 is 0. The molecule has 53 heavy (non-hydrogen) atoms. The fraction of sp³-hybridized carbons (Fsp3) is 0.333. The van der Waals surface area contributed by atoms with Gasteiger partial charge in [0.15, 0.2) is 0 Å². The maximum Gasteiger partial charge on any atom is 0.416 e. The Bertz CT molecular complexity index is 2060. The van der Waals surface area contributed by atoms with Gasteiger partial charge in [-0.15, -0.1) is 0 Å². The van der Waals surface area contributed by atoms with Gasteiger partial charge in [-0.25, -0.2) is 28.3 Å². The van der Waals surface area contributed by atoms with Gasteiger partial charge in [0.1, 0.15) is 11.9 Å². The molecule has 6 rings (SSSR count). The van der Waals surface area contributed by atoms with Crippen molar-refractivity contribution in [2.24, 2.45) is 0 Å². The van der Waals surface area contributed by atoms with E-state index in [0.29, 0.717) is 51.1 Å². The first-order chi connectivity index (χ1) is 24.7. The number of benzene rings is 2. The van der Waals surface area contributed by atoms with Gasteiger partial charge in [-0.2, -0.15) is 26.3 Å². The van der Waals surface area contributed by atoms with Crippen LogP contribution in [0, 0.1) is 13.8 Å². The summed E-state index contributed by atoms with van der Waals surface area (Å²) in [5.41, 5.74) is -0.194. The van der Waals surface area contributed by atoms with Crippen molar-refractivity contribution in [2.45, 2.75) is 57.7 Å². The van der Waals surface area contributed by atoms with E-state index >= 15 is 0 Å². The smallest absolute Gasteiger partial charge is 0.416 e. The summed E-state index contributed by atoms with van der Waals surface area (Å²) < 4.78 is 121. The van der Waals surface area contributed by atoms with Crippen LogP contribution in [0.2, 0.25) is 0 Å². The quantitative estimate of drug-likeness (QED) is 0.179. The fourth-order valence-electron chi connectivity index (χ4n) is 6.68. The third-order valence-corrected chi connectivity index (χ3v) is 9.22. The lowest BCUT2D eigenvalue weighted by atomic mass is 9.92. The highest BCUT2D eigenvalue weighted by atomic mass is 19.4. The largest absolute Gasteiger partial charge is 0.481 e. The maximum atomic E-state index is 13.9. The monoisotopic (exact) mass is 750 g/mol. The number of nitrogens with zero attached hydrogens (tertiary/aromatic N) is 4. The van der Waals surface area contributed by atoms with Crippen LogP contribution in [-0.4, -0.2) is 64.2 Å². The number of aromatic carboxylic acids is 1. The Kier molecular flexibility index (Phi) is 9.27. The molecule has 0 saturated carbocycles. The van der Waals surface area contributed by atoms with Crippen LogP contribution in [0.25, 0.3) is 22.3 Å². The topological polar surface area (TPSA) is 105 Å².